The molecule has 0 radical (unpaired) electrons. The molecule has 0 unspecified atom stereocenters. The van der Waals surface area contributed by atoms with E-state index < -0.39 is 0 Å². The largest absolute Gasteiger partial charge is 0.390 e. The molecule has 7 heteroatoms. The minimum atomic E-state index is -0.164. The number of piperidine rings is 1. The molecule has 2 saturated carbocycles. The Labute approximate surface area is 200 Å². The van der Waals surface area contributed by atoms with Gasteiger partial charge in [0.25, 0.3) is 0 Å². The third-order valence-electron chi connectivity index (χ3n) is 7.74. The highest BCUT2D eigenvalue weighted by Crippen LogP contribution is 2.52. The molecule has 172 valence electrons. The summed E-state index contributed by atoms with van der Waals surface area (Å²) in [6.07, 6.45) is 8.07. The first-order valence-electron chi connectivity index (χ1n) is 11.7. The van der Waals surface area contributed by atoms with Crippen LogP contribution in [0.1, 0.15) is 56.8 Å². The SMILES string of the molecule is Cc1nc(N2CCC3(CC2)C[C@@H](OC2CC2)C[C@H]3C)c(CO)nc1-c1cccc(Cl)c1Cl. The third-order valence-corrected chi connectivity index (χ3v) is 8.56. The Kier molecular flexibility index (Phi) is 6.12. The number of hydrogen-bond acceptors (Lipinski definition) is 5. The Morgan fingerprint density at radius 1 is 1.16 bits per heavy atom. The van der Waals surface area contributed by atoms with Gasteiger partial charge in [-0.1, -0.05) is 42.3 Å². The second-order valence-corrected chi connectivity index (χ2v) is 10.6. The fraction of sp³-hybridized carbons (Fsp3) is 0.600. The maximum Gasteiger partial charge on any atom is 0.153 e. The number of aliphatic hydroxyl groups is 1. The summed E-state index contributed by atoms with van der Waals surface area (Å²) in [7, 11) is 0. The Bertz CT molecular complexity index is 1000. The molecule has 2 atom stereocenters. The van der Waals surface area contributed by atoms with Crippen molar-refractivity contribution in [1.82, 2.24) is 9.97 Å². The fourth-order valence-electron chi connectivity index (χ4n) is 5.67. The van der Waals surface area contributed by atoms with Crippen molar-refractivity contribution < 1.29 is 9.84 Å². The highest BCUT2D eigenvalue weighted by atomic mass is 35.5. The highest BCUT2D eigenvalue weighted by molar-refractivity contribution is 6.43. The first-order valence-corrected chi connectivity index (χ1v) is 12.5. The van der Waals surface area contributed by atoms with Gasteiger partial charge in [0.05, 0.1) is 40.2 Å². The zero-order chi connectivity index (χ0) is 22.5. The number of aromatic nitrogens is 2. The van der Waals surface area contributed by atoms with Crippen LogP contribution in [0, 0.1) is 18.3 Å². The molecular formula is C25H31Cl2N3O2. The van der Waals surface area contributed by atoms with Crippen LogP contribution < -0.4 is 4.90 Å². The molecule has 5 nitrogen and oxygen atoms in total. The molecule has 3 fully saturated rings. The summed E-state index contributed by atoms with van der Waals surface area (Å²) in [5.74, 6) is 1.48. The van der Waals surface area contributed by atoms with Gasteiger partial charge in [-0.15, -0.1) is 0 Å². The molecule has 2 heterocycles. The van der Waals surface area contributed by atoms with Gasteiger partial charge in [-0.3, -0.25) is 0 Å². The predicted molar refractivity (Wildman–Crippen MR) is 128 cm³/mol. The van der Waals surface area contributed by atoms with Crippen LogP contribution in [0.15, 0.2) is 18.2 Å². The van der Waals surface area contributed by atoms with E-state index in [9.17, 15) is 5.11 Å². The third kappa shape index (κ3) is 4.13. The quantitative estimate of drug-likeness (QED) is 0.590. The minimum absolute atomic E-state index is 0.164. The van der Waals surface area contributed by atoms with Gasteiger partial charge in [-0.25, -0.2) is 9.97 Å². The van der Waals surface area contributed by atoms with Gasteiger partial charge in [0.2, 0.25) is 0 Å². The Morgan fingerprint density at radius 2 is 1.91 bits per heavy atom. The second kappa shape index (κ2) is 8.75. The molecule has 3 aliphatic rings. The van der Waals surface area contributed by atoms with Gasteiger partial charge in [-0.2, -0.15) is 0 Å². The number of benzene rings is 1. The van der Waals surface area contributed by atoms with Gasteiger partial charge >= 0.3 is 0 Å². The van der Waals surface area contributed by atoms with E-state index in [2.05, 4.69) is 11.8 Å². The van der Waals surface area contributed by atoms with Crippen LogP contribution in [0.3, 0.4) is 0 Å². The van der Waals surface area contributed by atoms with E-state index in [1.165, 1.54) is 25.7 Å². The predicted octanol–water partition coefficient (Wildman–Crippen LogP) is 5.82. The van der Waals surface area contributed by atoms with Gasteiger partial charge in [-0.05, 0) is 62.8 Å². The van der Waals surface area contributed by atoms with Crippen molar-refractivity contribution in [3.05, 3.63) is 39.6 Å². The smallest absolute Gasteiger partial charge is 0.153 e. The van der Waals surface area contributed by atoms with E-state index in [1.54, 1.807) is 6.07 Å². The second-order valence-electron chi connectivity index (χ2n) is 9.84. The van der Waals surface area contributed by atoms with Gasteiger partial charge < -0.3 is 14.7 Å². The summed E-state index contributed by atoms with van der Waals surface area (Å²) in [6, 6.07) is 5.49. The zero-order valence-corrected chi connectivity index (χ0v) is 20.3. The lowest BCUT2D eigenvalue weighted by Crippen LogP contribution is -2.42. The van der Waals surface area contributed by atoms with Gasteiger partial charge in [0.15, 0.2) is 5.82 Å². The number of ether oxygens (including phenoxy) is 1. The van der Waals surface area contributed by atoms with Crippen molar-refractivity contribution in [3.8, 4) is 11.3 Å². The molecule has 0 amide bonds. The molecule has 1 N–H and O–H groups in total. The summed E-state index contributed by atoms with van der Waals surface area (Å²) >= 11 is 12.6. The highest BCUT2D eigenvalue weighted by Gasteiger charge is 2.48. The lowest BCUT2D eigenvalue weighted by atomic mass is 9.71. The topological polar surface area (TPSA) is 58.5 Å². The molecule has 2 aliphatic carbocycles. The summed E-state index contributed by atoms with van der Waals surface area (Å²) < 4.78 is 6.27. The first kappa shape index (κ1) is 22.4. The number of rotatable bonds is 5. The fourth-order valence-corrected chi connectivity index (χ4v) is 6.06. The molecule has 2 aromatic rings. The van der Waals surface area contributed by atoms with Crippen molar-refractivity contribution in [1.29, 1.82) is 0 Å². The number of aryl methyl sites for hydroxylation is 1. The van der Waals surface area contributed by atoms with Gasteiger partial charge in [0, 0.05) is 18.7 Å². The maximum atomic E-state index is 10.1. The molecule has 1 aliphatic heterocycles. The normalized spacial score (nSPS) is 25.0. The Balaban J connectivity index is 1.35. The van der Waals surface area contributed by atoms with E-state index in [-0.39, 0.29) is 6.61 Å². The molecule has 1 aromatic carbocycles. The van der Waals surface area contributed by atoms with Crippen LogP contribution in [0.25, 0.3) is 11.3 Å². The number of hydrogen-bond donors (Lipinski definition) is 1. The van der Waals surface area contributed by atoms with Crippen LogP contribution in [0.5, 0.6) is 0 Å². The minimum Gasteiger partial charge on any atom is -0.390 e. The average Bonchev–Trinajstić information content (AvgIpc) is 3.55. The molecule has 1 saturated heterocycles. The van der Waals surface area contributed by atoms with Crippen LogP contribution >= 0.6 is 23.2 Å². The molecular weight excluding hydrogens is 445 g/mol. The van der Waals surface area contributed by atoms with E-state index >= 15 is 0 Å². The summed E-state index contributed by atoms with van der Waals surface area (Å²) in [4.78, 5) is 12.0. The molecule has 1 spiro atoms. The van der Waals surface area contributed by atoms with Crippen molar-refractivity contribution in [3.63, 3.8) is 0 Å². The average molecular weight is 476 g/mol. The number of halogens is 2. The number of nitrogens with zero attached hydrogens (tertiary/aromatic N) is 3. The standard InChI is InChI=1S/C25H31Cl2N3O2/c1-15-12-18(32-17-6-7-17)13-25(15)8-10-30(11-9-25)24-21(14-31)29-23(16(2)28-24)19-4-3-5-20(26)22(19)27/h3-5,15,17-18,31H,6-14H2,1-2H3/t15-,18+/m1/s1. The zero-order valence-electron chi connectivity index (χ0n) is 18.8. The van der Waals surface area contributed by atoms with Crippen LogP contribution in [0.2, 0.25) is 10.0 Å². The summed E-state index contributed by atoms with van der Waals surface area (Å²) in [5, 5.41) is 11.0. The van der Waals surface area contributed by atoms with E-state index in [0.29, 0.717) is 45.0 Å². The summed E-state index contributed by atoms with van der Waals surface area (Å²) in [5.41, 5.74) is 3.15. The van der Waals surface area contributed by atoms with Gasteiger partial charge in [0.1, 0.15) is 5.69 Å². The van der Waals surface area contributed by atoms with Crippen molar-refractivity contribution in [2.45, 2.75) is 71.2 Å². The molecule has 1 aromatic heterocycles. The Hall–Kier alpha value is -1.40. The van der Waals surface area contributed by atoms with Crippen LogP contribution in [0.4, 0.5) is 5.82 Å². The summed E-state index contributed by atoms with van der Waals surface area (Å²) in [6.45, 7) is 6.04. The van der Waals surface area contributed by atoms with E-state index in [1.807, 2.05) is 19.1 Å². The number of anilines is 1. The van der Waals surface area contributed by atoms with E-state index in [0.717, 1.165) is 43.0 Å². The lowest BCUT2D eigenvalue weighted by molar-refractivity contribution is 0.0334. The lowest BCUT2D eigenvalue weighted by Gasteiger charge is -2.43. The molecule has 0 bridgehead atoms. The first-order chi connectivity index (χ1) is 15.4. The Morgan fingerprint density at radius 3 is 2.59 bits per heavy atom. The molecule has 5 rings (SSSR count). The van der Waals surface area contributed by atoms with Crippen LogP contribution in [-0.2, 0) is 11.3 Å². The van der Waals surface area contributed by atoms with E-state index in [4.69, 9.17) is 37.9 Å². The van der Waals surface area contributed by atoms with Crippen molar-refractivity contribution in [2.75, 3.05) is 18.0 Å². The number of aliphatic hydroxyl groups excluding tert-OH is 1. The maximum absolute atomic E-state index is 10.1. The molecule has 32 heavy (non-hydrogen) atoms. The van der Waals surface area contributed by atoms with Crippen molar-refractivity contribution >= 4 is 29.0 Å². The van der Waals surface area contributed by atoms with Crippen LogP contribution in [-0.4, -0.2) is 40.4 Å². The monoisotopic (exact) mass is 475 g/mol. The van der Waals surface area contributed by atoms with Crippen molar-refractivity contribution in [2.24, 2.45) is 11.3 Å².